The first-order valence-electron chi connectivity index (χ1n) is 8.45. The minimum atomic E-state index is -0.400. The van der Waals surface area contributed by atoms with E-state index < -0.39 is 20.9 Å². The Hall–Kier alpha value is -1.17. The van der Waals surface area contributed by atoms with E-state index in [9.17, 15) is 0 Å². The van der Waals surface area contributed by atoms with Gasteiger partial charge >= 0.3 is 152 Å². The van der Waals surface area contributed by atoms with Gasteiger partial charge in [0.15, 0.2) is 0 Å². The van der Waals surface area contributed by atoms with E-state index in [1.54, 1.807) is 0 Å². The van der Waals surface area contributed by atoms with Crippen LogP contribution in [0.15, 0.2) is 48.5 Å². The molecule has 0 amide bonds. The SMILES string of the molecule is CCCN(C)c1ccccc1[Te]c1ccccc1N(C)CCC. The molecule has 2 nitrogen and oxygen atoms in total. The van der Waals surface area contributed by atoms with Crippen LogP contribution in [0.25, 0.3) is 0 Å². The molecule has 0 atom stereocenters. The molecule has 0 fully saturated rings. The second kappa shape index (κ2) is 9.20. The molecule has 2 rings (SSSR count). The van der Waals surface area contributed by atoms with Crippen molar-refractivity contribution in [1.82, 2.24) is 0 Å². The zero-order valence-corrected chi connectivity index (χ0v) is 17.1. The summed E-state index contributed by atoms with van der Waals surface area (Å²) in [6, 6.07) is 17.9. The zero-order chi connectivity index (χ0) is 16.7. The van der Waals surface area contributed by atoms with Crippen LogP contribution in [-0.4, -0.2) is 48.1 Å². The van der Waals surface area contributed by atoms with Gasteiger partial charge in [-0.1, -0.05) is 0 Å². The van der Waals surface area contributed by atoms with Gasteiger partial charge in [0.2, 0.25) is 0 Å². The van der Waals surface area contributed by atoms with Crippen LogP contribution in [0.5, 0.6) is 0 Å². The summed E-state index contributed by atoms with van der Waals surface area (Å²) in [6.07, 6.45) is 2.36. The van der Waals surface area contributed by atoms with Crippen molar-refractivity contribution in [2.45, 2.75) is 26.7 Å². The van der Waals surface area contributed by atoms with Crippen molar-refractivity contribution < 1.29 is 0 Å². The third-order valence-corrected chi connectivity index (χ3v) is 7.12. The summed E-state index contributed by atoms with van der Waals surface area (Å²) in [5.74, 6) is 0. The molecule has 0 N–H and O–H groups in total. The Morgan fingerprint density at radius 1 is 0.696 bits per heavy atom. The van der Waals surface area contributed by atoms with Crippen molar-refractivity contribution >= 4 is 39.5 Å². The summed E-state index contributed by atoms with van der Waals surface area (Å²) < 4.78 is 3.07. The molecule has 0 heterocycles. The number of para-hydroxylation sites is 2. The minimum absolute atomic E-state index is 0.400. The summed E-state index contributed by atoms with van der Waals surface area (Å²) in [4.78, 5) is 4.80. The van der Waals surface area contributed by atoms with Gasteiger partial charge in [-0.25, -0.2) is 0 Å². The molecule has 0 aliphatic rings. The number of hydrogen-bond donors (Lipinski definition) is 0. The van der Waals surface area contributed by atoms with Crippen LogP contribution in [0.1, 0.15) is 26.7 Å². The Morgan fingerprint density at radius 3 is 1.48 bits per heavy atom. The van der Waals surface area contributed by atoms with Crippen LogP contribution in [-0.2, 0) is 0 Å². The molecule has 0 saturated heterocycles. The maximum absolute atomic E-state index is 2.40. The number of nitrogens with zero attached hydrogens (tertiary/aromatic N) is 2. The number of anilines is 2. The van der Waals surface area contributed by atoms with Crippen LogP contribution in [0.3, 0.4) is 0 Å². The molecular formula is C20H28N2Te. The van der Waals surface area contributed by atoms with Crippen molar-refractivity contribution in [1.29, 1.82) is 0 Å². The fourth-order valence-corrected chi connectivity index (χ4v) is 6.14. The molecule has 124 valence electrons. The molecule has 0 aliphatic heterocycles. The zero-order valence-electron chi connectivity index (χ0n) is 14.7. The van der Waals surface area contributed by atoms with Crippen LogP contribution in [0, 0.1) is 0 Å². The fourth-order valence-electron chi connectivity index (χ4n) is 2.75. The third-order valence-electron chi connectivity index (χ3n) is 3.89. The van der Waals surface area contributed by atoms with E-state index in [1.807, 2.05) is 0 Å². The molecule has 0 aliphatic carbocycles. The number of hydrogen-bond acceptors (Lipinski definition) is 2. The average Bonchev–Trinajstić information content (AvgIpc) is 2.56. The number of benzene rings is 2. The molecule has 0 spiro atoms. The molecule has 3 heteroatoms. The molecule has 0 saturated carbocycles. The first-order chi connectivity index (χ1) is 11.2. The van der Waals surface area contributed by atoms with Crippen molar-refractivity contribution in [3.8, 4) is 0 Å². The van der Waals surface area contributed by atoms with Crippen LogP contribution < -0.4 is 17.0 Å². The normalized spacial score (nSPS) is 10.6. The molecular weight excluding hydrogens is 396 g/mol. The van der Waals surface area contributed by atoms with Crippen molar-refractivity contribution in [3.63, 3.8) is 0 Å². The van der Waals surface area contributed by atoms with E-state index >= 15 is 0 Å². The summed E-state index contributed by atoms with van der Waals surface area (Å²) in [6.45, 7) is 6.71. The van der Waals surface area contributed by atoms with Gasteiger partial charge in [-0.05, 0) is 0 Å². The van der Waals surface area contributed by atoms with Gasteiger partial charge in [-0.3, -0.25) is 0 Å². The molecule has 0 bridgehead atoms. The van der Waals surface area contributed by atoms with Crippen LogP contribution in [0.2, 0.25) is 0 Å². The predicted molar refractivity (Wildman–Crippen MR) is 105 cm³/mol. The topological polar surface area (TPSA) is 6.48 Å². The van der Waals surface area contributed by atoms with Gasteiger partial charge in [0.05, 0.1) is 0 Å². The fraction of sp³-hybridized carbons (Fsp3) is 0.400. The van der Waals surface area contributed by atoms with Gasteiger partial charge in [0, 0.05) is 0 Å². The molecule has 0 unspecified atom stereocenters. The van der Waals surface area contributed by atoms with Gasteiger partial charge < -0.3 is 0 Å². The Labute approximate surface area is 151 Å². The van der Waals surface area contributed by atoms with E-state index in [-0.39, 0.29) is 0 Å². The summed E-state index contributed by atoms with van der Waals surface area (Å²) in [7, 11) is 4.43. The number of rotatable bonds is 8. The monoisotopic (exact) mass is 426 g/mol. The van der Waals surface area contributed by atoms with Crippen molar-refractivity contribution in [3.05, 3.63) is 48.5 Å². The summed E-state index contributed by atoms with van der Waals surface area (Å²) in [5, 5.41) is 0. The Morgan fingerprint density at radius 2 is 1.09 bits per heavy atom. The van der Waals surface area contributed by atoms with E-state index in [2.05, 4.69) is 86.3 Å². The Bertz CT molecular complexity index is 559. The molecule has 0 aromatic heterocycles. The molecule has 2 aromatic rings. The third kappa shape index (κ3) is 4.90. The predicted octanol–water partition coefficient (Wildman–Crippen LogP) is 3.03. The van der Waals surface area contributed by atoms with Gasteiger partial charge in [-0.15, -0.1) is 0 Å². The summed E-state index contributed by atoms with van der Waals surface area (Å²) in [5.41, 5.74) is 2.81. The van der Waals surface area contributed by atoms with E-state index in [0.717, 1.165) is 13.1 Å². The molecule has 0 radical (unpaired) electrons. The first kappa shape index (κ1) is 18.2. The standard InChI is InChI=1S/C20H28N2Te/c1-5-15-21(3)17-11-7-9-13-19(17)23-20-14-10-8-12-18(20)22(4)16-6-2/h7-14H,5-6,15-16H2,1-4H3. The van der Waals surface area contributed by atoms with E-state index in [1.165, 1.54) is 31.4 Å². The second-order valence-electron chi connectivity index (χ2n) is 5.88. The van der Waals surface area contributed by atoms with Gasteiger partial charge in [0.1, 0.15) is 0 Å². The first-order valence-corrected chi connectivity index (χ1v) is 10.8. The molecule has 23 heavy (non-hydrogen) atoms. The second-order valence-corrected chi connectivity index (χ2v) is 8.97. The van der Waals surface area contributed by atoms with Crippen molar-refractivity contribution in [2.75, 3.05) is 37.0 Å². The van der Waals surface area contributed by atoms with E-state index in [4.69, 9.17) is 0 Å². The summed E-state index contributed by atoms with van der Waals surface area (Å²) >= 11 is -0.400. The quantitative estimate of drug-likeness (QED) is 0.602. The van der Waals surface area contributed by atoms with Crippen LogP contribution >= 0.6 is 0 Å². The van der Waals surface area contributed by atoms with Gasteiger partial charge in [0.25, 0.3) is 0 Å². The molecule has 2 aromatic carbocycles. The van der Waals surface area contributed by atoms with Crippen LogP contribution in [0.4, 0.5) is 11.4 Å². The Kier molecular flexibility index (Phi) is 7.27. The maximum atomic E-state index is 2.40. The van der Waals surface area contributed by atoms with Gasteiger partial charge in [-0.2, -0.15) is 0 Å². The Balaban J connectivity index is 2.30. The van der Waals surface area contributed by atoms with E-state index in [0.29, 0.717) is 0 Å². The average molecular weight is 424 g/mol. The van der Waals surface area contributed by atoms with Crippen molar-refractivity contribution in [2.24, 2.45) is 0 Å².